The molecule has 0 unspecified atom stereocenters. The van der Waals surface area contributed by atoms with Gasteiger partial charge in [0.15, 0.2) is 0 Å². The first-order chi connectivity index (χ1) is 38.3. The van der Waals surface area contributed by atoms with Gasteiger partial charge in [-0.25, -0.2) is 0 Å². The summed E-state index contributed by atoms with van der Waals surface area (Å²) < 4.78 is 278. The highest BCUT2D eigenvalue weighted by atomic mass is 32.2. The van der Waals surface area contributed by atoms with Gasteiger partial charge in [-0.3, -0.25) is 0 Å². The van der Waals surface area contributed by atoms with E-state index in [1.807, 2.05) is 0 Å². The highest BCUT2D eigenvalue weighted by Gasteiger charge is 2.39. The molecule has 2 aliphatic heterocycles. The number of hydrogen-bond acceptors (Lipinski definition) is 2. The van der Waals surface area contributed by atoms with Crippen molar-refractivity contribution >= 4 is 50.3 Å². The van der Waals surface area contributed by atoms with Crippen LogP contribution in [0.15, 0.2) is 186 Å². The molecule has 2 aliphatic rings. The summed E-state index contributed by atoms with van der Waals surface area (Å²) in [4.78, 5) is -0.322. The molecule has 3 heterocycles. The lowest BCUT2D eigenvalue weighted by Crippen LogP contribution is -2.46. The van der Waals surface area contributed by atoms with Gasteiger partial charge in [0.25, 0.3) is 5.99 Å². The molecule has 0 radical (unpaired) electrons. The van der Waals surface area contributed by atoms with Gasteiger partial charge in [-0.2, -0.15) is 11.6 Å². The van der Waals surface area contributed by atoms with Crippen LogP contribution in [0.5, 0.6) is 11.5 Å². The Morgan fingerprint density at radius 3 is 1.92 bits per heavy atom. The van der Waals surface area contributed by atoms with Gasteiger partial charge < -0.3 is 9.30 Å². The Hall–Kier alpha value is -6.23. The number of ether oxygens (including phenoxy) is 1. The van der Waals surface area contributed by atoms with Gasteiger partial charge in [-0.05, 0) is 98.2 Å². The number of benzene rings is 8. The molecular weight excluding hydrogens is 649 g/mol. The van der Waals surface area contributed by atoms with E-state index in [2.05, 4.69) is 0 Å². The minimum Gasteiger partial charge on any atom is -0.458 e. The molecule has 2 nitrogen and oxygen atoms in total. The molecule has 0 spiro atoms. The Labute approximate surface area is 349 Å². The summed E-state index contributed by atoms with van der Waals surface area (Å²) in [6.45, 7) is 0. The van der Waals surface area contributed by atoms with Crippen LogP contribution in [-0.4, -0.2) is 10.6 Å². The van der Waals surface area contributed by atoms with Crippen molar-refractivity contribution in [2.75, 3.05) is 0 Å². The first-order valence-corrected chi connectivity index (χ1v) is 16.2. The van der Waals surface area contributed by atoms with Gasteiger partial charge in [0.2, 0.25) is 0 Å². The predicted molar refractivity (Wildman–Crippen MR) is 220 cm³/mol. The molecule has 8 aromatic carbocycles. The lowest BCUT2D eigenvalue weighted by Gasteiger charge is -2.33. The van der Waals surface area contributed by atoms with E-state index < -0.39 is 276 Å². The molecular formula is C48H30BNOS. The van der Waals surface area contributed by atoms with E-state index in [-0.39, 0.29) is 10.4 Å². The first kappa shape index (κ1) is 12.5. The zero-order valence-electron chi connectivity index (χ0n) is 55.8. The van der Waals surface area contributed by atoms with E-state index in [1.54, 1.807) is 0 Å². The Morgan fingerprint density at radius 2 is 1.12 bits per heavy atom. The molecule has 0 fully saturated rings. The number of nitrogens with zero attached hydrogens (tertiary/aromatic N) is 1. The summed E-state index contributed by atoms with van der Waals surface area (Å²) in [6.07, 6.45) is 0. The molecule has 0 saturated carbocycles. The molecule has 0 N–H and O–H groups in total. The molecule has 0 amide bonds. The molecule has 0 bridgehead atoms. The average molecular weight is 710 g/mol. The number of fused-ring (bicyclic) bond motifs is 7. The smallest absolute Gasteiger partial charge is 0.289 e. The standard InChI is InChI=1S/C48H30BNOS/c1-2-13-31(14-3-1)32-15-12-16-33(27-32)35-28-40-39-20-7-11-24-47(39)52-49-41-29-34(25-26-45(41)51-46(30-35)48(40)49)36-17-4-8-21-42(36)50-43-22-9-5-18-37(43)38-19-6-10-23-44(38)50/h1-30H/i1D,2D,3D,4D,5D,6D,7D,8D,9D,10D,11D,12D,13D,14D,15D,16D,17D,18D,19D,20D,21D,22D,23D,24D,25D,26D,27D,28D,29D,30D. The van der Waals surface area contributed by atoms with E-state index in [0.717, 1.165) is 4.57 Å². The van der Waals surface area contributed by atoms with Crippen molar-refractivity contribution in [2.45, 2.75) is 4.90 Å². The minimum atomic E-state index is -1.64. The maximum atomic E-state index is 10.1. The zero-order chi connectivity index (χ0) is 60.3. The second-order valence-corrected chi connectivity index (χ2v) is 12.4. The highest BCUT2D eigenvalue weighted by Crippen LogP contribution is 2.46. The van der Waals surface area contributed by atoms with Crippen molar-refractivity contribution in [1.82, 2.24) is 4.57 Å². The second kappa shape index (κ2) is 11.7. The molecule has 0 atom stereocenters. The molecule has 242 valence electrons. The van der Waals surface area contributed by atoms with E-state index in [0.29, 0.717) is 11.6 Å². The Balaban J connectivity index is 1.28. The van der Waals surface area contributed by atoms with Crippen LogP contribution in [0.4, 0.5) is 0 Å². The largest absolute Gasteiger partial charge is 0.458 e. The number of aromatic nitrogens is 1. The van der Waals surface area contributed by atoms with E-state index in [1.165, 1.54) is 0 Å². The van der Waals surface area contributed by atoms with Crippen molar-refractivity contribution in [2.24, 2.45) is 0 Å². The summed E-state index contributed by atoms with van der Waals surface area (Å²) in [6, 6.07) is -27.0. The van der Waals surface area contributed by atoms with Crippen molar-refractivity contribution in [3.05, 3.63) is 181 Å². The summed E-state index contributed by atoms with van der Waals surface area (Å²) >= 11 is 0.604. The van der Waals surface area contributed by atoms with Crippen molar-refractivity contribution in [1.29, 1.82) is 0 Å². The fraction of sp³-hybridized carbons (Fsp3) is 0. The van der Waals surface area contributed by atoms with Crippen LogP contribution in [0.3, 0.4) is 0 Å². The summed E-state index contributed by atoms with van der Waals surface area (Å²) in [5.41, 5.74) is -8.41. The third-order valence-corrected chi connectivity index (χ3v) is 9.72. The van der Waals surface area contributed by atoms with Gasteiger partial charge in [0.1, 0.15) is 11.5 Å². The van der Waals surface area contributed by atoms with Gasteiger partial charge >= 0.3 is 0 Å². The van der Waals surface area contributed by atoms with Crippen LogP contribution in [0.25, 0.3) is 72.0 Å². The SMILES string of the molecule is [2H]c1c([2H])c([2H])c(-c2c([2H])c([2H])c([2H])c(-c3c([2H])c4c5c(c3[2H])-c3c([2H])c([2H])c([2H])c([2H])c3SB5c3c([2H])c(-c5c([2H])c([2H])c([2H])c([2H])c5-n5c6c([2H])c([2H])c([2H])c([2H])c6c6c([2H])c([2H])c([2H])c([2H])c65)c([2H])c([2H])c3O4)c2[2H])c([2H])c1[2H]. The molecule has 1 aromatic heterocycles. The highest BCUT2D eigenvalue weighted by molar-refractivity contribution is 8.28. The molecule has 11 rings (SSSR count). The fourth-order valence-electron chi connectivity index (χ4n) is 6.29. The topological polar surface area (TPSA) is 14.2 Å². The summed E-state index contributed by atoms with van der Waals surface area (Å²) in [7, 11) is 0. The van der Waals surface area contributed by atoms with E-state index >= 15 is 0 Å². The fourth-order valence-corrected chi connectivity index (χ4v) is 7.53. The van der Waals surface area contributed by atoms with Crippen molar-refractivity contribution in [3.63, 3.8) is 0 Å². The van der Waals surface area contributed by atoms with Crippen LogP contribution >= 0.6 is 11.6 Å². The lowest BCUT2D eigenvalue weighted by atomic mass is 9.57. The van der Waals surface area contributed by atoms with E-state index in [4.69, 9.17) is 33.5 Å². The van der Waals surface area contributed by atoms with Gasteiger partial charge in [0, 0.05) is 21.2 Å². The number of rotatable bonds is 4. The Morgan fingerprint density at radius 1 is 0.462 bits per heavy atom. The summed E-state index contributed by atoms with van der Waals surface area (Å²) in [5.74, 6) is -3.00. The third kappa shape index (κ3) is 4.54. The van der Waals surface area contributed by atoms with Gasteiger partial charge in [-0.1, -0.05) is 133 Å². The predicted octanol–water partition coefficient (Wildman–Crippen LogP) is 11.8. The first-order valence-electron chi connectivity index (χ1n) is 30.3. The van der Waals surface area contributed by atoms with Crippen LogP contribution in [0.1, 0.15) is 41.1 Å². The van der Waals surface area contributed by atoms with Gasteiger partial charge in [-0.15, -0.1) is 0 Å². The van der Waals surface area contributed by atoms with E-state index in [9.17, 15) is 12.3 Å². The van der Waals surface area contributed by atoms with Crippen LogP contribution in [0.2, 0.25) is 0 Å². The van der Waals surface area contributed by atoms with Crippen molar-refractivity contribution < 1.29 is 45.9 Å². The third-order valence-electron chi connectivity index (χ3n) is 8.47. The molecule has 9 aromatic rings. The minimum absolute atomic E-state index is 0.304. The van der Waals surface area contributed by atoms with Gasteiger partial charge in [0.05, 0.1) is 57.8 Å². The zero-order valence-corrected chi connectivity index (χ0v) is 26.7. The molecule has 0 saturated heterocycles. The monoisotopic (exact) mass is 709 g/mol. The molecule has 52 heavy (non-hydrogen) atoms. The summed E-state index contributed by atoms with van der Waals surface area (Å²) in [5, 5.41) is -0.998. The Bertz CT molecular complexity index is 4490. The molecule has 4 heteroatoms. The quantitative estimate of drug-likeness (QED) is 0.169. The van der Waals surface area contributed by atoms with Crippen molar-refractivity contribution in [3.8, 4) is 61.7 Å². The maximum Gasteiger partial charge on any atom is 0.289 e. The average Bonchev–Trinajstić information content (AvgIpc) is 1.55. The second-order valence-electron chi connectivity index (χ2n) is 11.3. The molecule has 0 aliphatic carbocycles. The number of hydrogen-bond donors (Lipinski definition) is 0. The van der Waals surface area contributed by atoms with Crippen LogP contribution in [0, 0.1) is 0 Å². The van der Waals surface area contributed by atoms with Crippen LogP contribution < -0.4 is 15.7 Å². The van der Waals surface area contributed by atoms with Crippen LogP contribution in [-0.2, 0) is 0 Å². The maximum absolute atomic E-state index is 10.1. The lowest BCUT2D eigenvalue weighted by molar-refractivity contribution is 0.488. The number of para-hydroxylation sites is 3. The normalized spacial score (nSPS) is 20.7. The Kier molecular flexibility index (Phi) is 2.80.